The topological polar surface area (TPSA) is 6.48 Å². The predicted molar refractivity (Wildman–Crippen MR) is 76.1 cm³/mol. The van der Waals surface area contributed by atoms with Crippen molar-refractivity contribution in [2.24, 2.45) is 0 Å². The van der Waals surface area contributed by atoms with Gasteiger partial charge in [0.05, 0.1) is 0 Å². The SMILES string of the molecule is CN1CCCC(N(C)Cc2cccc(Br)c2)C1. The molecule has 0 spiro atoms. The first-order chi connectivity index (χ1) is 8.15. The third-order valence-corrected chi connectivity index (χ3v) is 4.04. The van der Waals surface area contributed by atoms with E-state index in [9.17, 15) is 0 Å². The van der Waals surface area contributed by atoms with Crippen LogP contribution >= 0.6 is 15.9 Å². The van der Waals surface area contributed by atoms with Gasteiger partial charge in [0.1, 0.15) is 0 Å². The number of likely N-dealkylation sites (tertiary alicyclic amines) is 1. The molecule has 2 rings (SSSR count). The molecule has 0 aromatic heterocycles. The average Bonchev–Trinajstić information content (AvgIpc) is 2.29. The van der Waals surface area contributed by atoms with Crippen LogP contribution in [0.5, 0.6) is 0 Å². The minimum Gasteiger partial charge on any atom is -0.305 e. The van der Waals surface area contributed by atoms with Crippen LogP contribution in [0.4, 0.5) is 0 Å². The second-order valence-electron chi connectivity index (χ2n) is 5.10. The molecule has 2 nitrogen and oxygen atoms in total. The van der Waals surface area contributed by atoms with E-state index in [2.05, 4.69) is 64.1 Å². The number of rotatable bonds is 3. The summed E-state index contributed by atoms with van der Waals surface area (Å²) in [6.07, 6.45) is 2.65. The Balaban J connectivity index is 1.94. The lowest BCUT2D eigenvalue weighted by atomic mass is 10.0. The number of nitrogens with zero attached hydrogens (tertiary/aromatic N) is 2. The fourth-order valence-electron chi connectivity index (χ4n) is 2.55. The normalized spacial score (nSPS) is 22.0. The minimum absolute atomic E-state index is 0.702. The molecule has 1 aromatic rings. The standard InChI is InChI=1S/C14H21BrN2/c1-16-8-4-7-14(11-16)17(2)10-12-5-3-6-13(15)9-12/h3,5-6,9,14H,4,7-8,10-11H2,1-2H3. The number of benzene rings is 1. The quantitative estimate of drug-likeness (QED) is 0.846. The van der Waals surface area contributed by atoms with Crippen molar-refractivity contribution in [3.05, 3.63) is 34.3 Å². The van der Waals surface area contributed by atoms with Crippen LogP contribution in [0.15, 0.2) is 28.7 Å². The monoisotopic (exact) mass is 296 g/mol. The van der Waals surface area contributed by atoms with Crippen molar-refractivity contribution in [1.82, 2.24) is 9.80 Å². The Morgan fingerprint density at radius 2 is 2.29 bits per heavy atom. The van der Waals surface area contributed by atoms with Gasteiger partial charge in [-0.05, 0) is 51.2 Å². The first-order valence-electron chi connectivity index (χ1n) is 6.28. The highest BCUT2D eigenvalue weighted by Crippen LogP contribution is 2.17. The molecule has 0 saturated carbocycles. The molecule has 1 unspecified atom stereocenters. The summed E-state index contributed by atoms with van der Waals surface area (Å²) < 4.78 is 1.17. The maximum Gasteiger partial charge on any atom is 0.0234 e. The molecule has 0 radical (unpaired) electrons. The molecule has 3 heteroatoms. The van der Waals surface area contributed by atoms with Crippen LogP contribution in [0.1, 0.15) is 18.4 Å². The van der Waals surface area contributed by atoms with E-state index in [-0.39, 0.29) is 0 Å². The Kier molecular flexibility index (Phi) is 4.60. The number of hydrogen-bond donors (Lipinski definition) is 0. The van der Waals surface area contributed by atoms with Gasteiger partial charge < -0.3 is 4.90 Å². The molecule has 1 fully saturated rings. The summed E-state index contributed by atoms with van der Waals surface area (Å²) in [7, 11) is 4.46. The van der Waals surface area contributed by atoms with Gasteiger partial charge in [-0.2, -0.15) is 0 Å². The minimum atomic E-state index is 0.702. The number of hydrogen-bond acceptors (Lipinski definition) is 2. The maximum atomic E-state index is 3.53. The molecule has 17 heavy (non-hydrogen) atoms. The lowest BCUT2D eigenvalue weighted by Crippen LogP contribution is -2.44. The van der Waals surface area contributed by atoms with Gasteiger partial charge >= 0.3 is 0 Å². The van der Waals surface area contributed by atoms with Crippen LogP contribution in [0.2, 0.25) is 0 Å². The van der Waals surface area contributed by atoms with E-state index in [0.717, 1.165) is 6.54 Å². The lowest BCUT2D eigenvalue weighted by Gasteiger charge is -2.35. The van der Waals surface area contributed by atoms with Crippen molar-refractivity contribution in [2.45, 2.75) is 25.4 Å². The Bertz CT molecular complexity index is 367. The number of halogens is 1. The zero-order chi connectivity index (χ0) is 12.3. The molecule has 1 aliphatic heterocycles. The van der Waals surface area contributed by atoms with E-state index < -0.39 is 0 Å². The largest absolute Gasteiger partial charge is 0.305 e. The van der Waals surface area contributed by atoms with Gasteiger partial charge in [0.2, 0.25) is 0 Å². The van der Waals surface area contributed by atoms with Crippen molar-refractivity contribution < 1.29 is 0 Å². The summed E-state index contributed by atoms with van der Waals surface area (Å²) in [6, 6.07) is 9.31. The molecule has 0 N–H and O–H groups in total. The zero-order valence-corrected chi connectivity index (χ0v) is 12.3. The van der Waals surface area contributed by atoms with Gasteiger partial charge in [0.15, 0.2) is 0 Å². The highest BCUT2D eigenvalue weighted by molar-refractivity contribution is 9.10. The summed E-state index contributed by atoms with van der Waals surface area (Å²) in [5, 5.41) is 0. The van der Waals surface area contributed by atoms with Gasteiger partial charge in [0.25, 0.3) is 0 Å². The zero-order valence-electron chi connectivity index (χ0n) is 10.7. The maximum absolute atomic E-state index is 3.53. The Morgan fingerprint density at radius 1 is 1.47 bits per heavy atom. The molecule has 0 aliphatic carbocycles. The summed E-state index contributed by atoms with van der Waals surface area (Å²) in [5.74, 6) is 0. The van der Waals surface area contributed by atoms with E-state index >= 15 is 0 Å². The first-order valence-corrected chi connectivity index (χ1v) is 7.07. The van der Waals surface area contributed by atoms with Gasteiger partial charge in [-0.25, -0.2) is 0 Å². The molecule has 1 aliphatic rings. The average molecular weight is 297 g/mol. The summed E-state index contributed by atoms with van der Waals surface area (Å²) in [4.78, 5) is 4.92. The molecule has 94 valence electrons. The van der Waals surface area contributed by atoms with Crippen LogP contribution in [-0.2, 0) is 6.54 Å². The van der Waals surface area contributed by atoms with Crippen molar-refractivity contribution in [2.75, 3.05) is 27.2 Å². The summed E-state index contributed by atoms with van der Waals surface area (Å²) in [5.41, 5.74) is 1.38. The van der Waals surface area contributed by atoms with Crippen LogP contribution < -0.4 is 0 Å². The molecule has 1 heterocycles. The van der Waals surface area contributed by atoms with Gasteiger partial charge in [-0.15, -0.1) is 0 Å². The van der Waals surface area contributed by atoms with Gasteiger partial charge in [0, 0.05) is 23.6 Å². The molecule has 0 amide bonds. The number of piperidine rings is 1. The fourth-order valence-corrected chi connectivity index (χ4v) is 3.00. The Hall–Kier alpha value is -0.380. The fraction of sp³-hybridized carbons (Fsp3) is 0.571. The van der Waals surface area contributed by atoms with E-state index in [1.165, 1.54) is 36.0 Å². The van der Waals surface area contributed by atoms with E-state index in [0.29, 0.717) is 6.04 Å². The van der Waals surface area contributed by atoms with Crippen molar-refractivity contribution >= 4 is 15.9 Å². The second kappa shape index (κ2) is 5.98. The van der Waals surface area contributed by atoms with E-state index in [4.69, 9.17) is 0 Å². The third-order valence-electron chi connectivity index (χ3n) is 3.54. The molecular formula is C14H21BrN2. The van der Waals surface area contributed by atoms with Gasteiger partial charge in [-0.1, -0.05) is 28.1 Å². The van der Waals surface area contributed by atoms with Crippen LogP contribution in [0, 0.1) is 0 Å². The van der Waals surface area contributed by atoms with Crippen molar-refractivity contribution in [3.8, 4) is 0 Å². The van der Waals surface area contributed by atoms with Crippen LogP contribution in [0.3, 0.4) is 0 Å². The first kappa shape index (κ1) is 13.1. The van der Waals surface area contributed by atoms with Crippen molar-refractivity contribution in [3.63, 3.8) is 0 Å². The smallest absolute Gasteiger partial charge is 0.0234 e. The number of likely N-dealkylation sites (N-methyl/N-ethyl adjacent to an activating group) is 2. The molecule has 1 atom stereocenters. The second-order valence-corrected chi connectivity index (χ2v) is 6.02. The molecule has 1 aromatic carbocycles. The highest BCUT2D eigenvalue weighted by atomic mass is 79.9. The van der Waals surface area contributed by atoms with Crippen LogP contribution in [0.25, 0.3) is 0 Å². The Labute approximate surface area is 113 Å². The third kappa shape index (κ3) is 3.80. The van der Waals surface area contributed by atoms with E-state index in [1.807, 2.05) is 0 Å². The highest BCUT2D eigenvalue weighted by Gasteiger charge is 2.20. The lowest BCUT2D eigenvalue weighted by molar-refractivity contribution is 0.129. The predicted octanol–water partition coefficient (Wildman–Crippen LogP) is 2.98. The van der Waals surface area contributed by atoms with Crippen molar-refractivity contribution in [1.29, 1.82) is 0 Å². The Morgan fingerprint density at radius 3 is 3.00 bits per heavy atom. The molecule has 1 saturated heterocycles. The van der Waals surface area contributed by atoms with E-state index in [1.54, 1.807) is 0 Å². The summed E-state index contributed by atoms with van der Waals surface area (Å²) >= 11 is 3.53. The van der Waals surface area contributed by atoms with Crippen LogP contribution in [-0.4, -0.2) is 43.0 Å². The summed E-state index contributed by atoms with van der Waals surface area (Å²) in [6.45, 7) is 3.49. The molecule has 0 bridgehead atoms. The van der Waals surface area contributed by atoms with Gasteiger partial charge in [-0.3, -0.25) is 4.90 Å². The molecular weight excluding hydrogens is 276 g/mol.